The molecule has 0 aliphatic rings. The first-order valence-electron chi connectivity index (χ1n) is 8.71. The molecular formula is C21H29O4P. The minimum absolute atomic E-state index is 0.242. The van der Waals surface area contributed by atoms with Crippen LogP contribution in [0.15, 0.2) is 36.4 Å². The Kier molecular flexibility index (Phi) is 5.45. The molecule has 2 rings (SSSR count). The van der Waals surface area contributed by atoms with E-state index < -0.39 is 7.82 Å². The summed E-state index contributed by atoms with van der Waals surface area (Å²) < 4.78 is 16.6. The molecule has 0 bridgehead atoms. The maximum absolute atomic E-state index is 11.5. The lowest BCUT2D eigenvalue weighted by molar-refractivity contribution is 0.280. The summed E-state index contributed by atoms with van der Waals surface area (Å²) in [6.45, 7) is 14.5. The van der Waals surface area contributed by atoms with Crippen LogP contribution in [0, 0.1) is 6.92 Å². The number of phosphoric acid groups is 1. The smallest absolute Gasteiger partial charge is 0.404 e. The first-order chi connectivity index (χ1) is 11.7. The number of hydrogen-bond acceptors (Lipinski definition) is 2. The van der Waals surface area contributed by atoms with E-state index in [0.717, 1.165) is 27.8 Å². The average molecular weight is 376 g/mol. The van der Waals surface area contributed by atoms with Gasteiger partial charge in [-0.05, 0) is 46.1 Å². The lowest BCUT2D eigenvalue weighted by atomic mass is 9.71. The van der Waals surface area contributed by atoms with Gasteiger partial charge in [-0.15, -0.1) is 0 Å². The van der Waals surface area contributed by atoms with Gasteiger partial charge in [-0.1, -0.05) is 71.9 Å². The van der Waals surface area contributed by atoms with E-state index in [1.54, 1.807) is 6.07 Å². The van der Waals surface area contributed by atoms with Gasteiger partial charge in [0.15, 0.2) is 0 Å². The molecule has 0 unspecified atom stereocenters. The summed E-state index contributed by atoms with van der Waals surface area (Å²) >= 11 is 0. The van der Waals surface area contributed by atoms with Gasteiger partial charge < -0.3 is 4.52 Å². The molecule has 26 heavy (non-hydrogen) atoms. The van der Waals surface area contributed by atoms with Gasteiger partial charge in [-0.2, -0.15) is 0 Å². The second-order valence-corrected chi connectivity index (χ2v) is 9.92. The highest BCUT2D eigenvalue weighted by molar-refractivity contribution is 7.46. The fourth-order valence-corrected chi connectivity index (χ4v) is 3.82. The van der Waals surface area contributed by atoms with Gasteiger partial charge in [-0.3, -0.25) is 9.79 Å². The summed E-state index contributed by atoms with van der Waals surface area (Å²) in [7, 11) is -4.65. The molecule has 2 N–H and O–H groups in total. The average Bonchev–Trinajstić information content (AvgIpc) is 2.43. The molecule has 0 saturated heterocycles. The van der Waals surface area contributed by atoms with Crippen molar-refractivity contribution in [1.29, 1.82) is 0 Å². The van der Waals surface area contributed by atoms with E-state index in [0.29, 0.717) is 0 Å². The van der Waals surface area contributed by atoms with Crippen LogP contribution in [0.25, 0.3) is 11.1 Å². The molecule has 5 heteroatoms. The summed E-state index contributed by atoms with van der Waals surface area (Å²) in [6.07, 6.45) is 0. The minimum Gasteiger partial charge on any atom is -0.404 e. The Balaban J connectivity index is 2.93. The third kappa shape index (κ3) is 4.56. The van der Waals surface area contributed by atoms with E-state index >= 15 is 0 Å². The van der Waals surface area contributed by atoms with Crippen molar-refractivity contribution in [3.63, 3.8) is 0 Å². The SMILES string of the molecule is Cc1ccccc1-c1ccc(OP(=O)(O)O)c(C(C)(C)C)c1C(C)(C)C. The predicted octanol–water partition coefficient (Wildman–Crippen LogP) is 5.73. The van der Waals surface area contributed by atoms with Crippen LogP contribution in [-0.4, -0.2) is 9.79 Å². The van der Waals surface area contributed by atoms with Crippen LogP contribution in [0.3, 0.4) is 0 Å². The molecule has 0 aliphatic heterocycles. The summed E-state index contributed by atoms with van der Waals surface area (Å²) in [5.41, 5.74) is 4.62. The van der Waals surface area contributed by atoms with E-state index in [2.05, 4.69) is 39.8 Å². The van der Waals surface area contributed by atoms with Crippen molar-refractivity contribution in [2.45, 2.75) is 59.3 Å². The molecule has 0 atom stereocenters. The molecule has 142 valence electrons. The summed E-state index contributed by atoms with van der Waals surface area (Å²) in [5, 5.41) is 0. The predicted molar refractivity (Wildman–Crippen MR) is 107 cm³/mol. The summed E-state index contributed by atoms with van der Waals surface area (Å²) in [4.78, 5) is 18.7. The zero-order chi connectivity index (χ0) is 19.9. The van der Waals surface area contributed by atoms with Crippen molar-refractivity contribution in [3.8, 4) is 16.9 Å². The Labute approximate surface area is 156 Å². The van der Waals surface area contributed by atoms with Crippen molar-refractivity contribution in [2.75, 3.05) is 0 Å². The first kappa shape index (κ1) is 20.7. The van der Waals surface area contributed by atoms with Gasteiger partial charge in [0.05, 0.1) is 0 Å². The lowest BCUT2D eigenvalue weighted by Crippen LogP contribution is -2.24. The molecule has 2 aromatic rings. The van der Waals surface area contributed by atoms with Crippen LogP contribution in [0.5, 0.6) is 5.75 Å². The fraction of sp³-hybridized carbons (Fsp3) is 0.429. The van der Waals surface area contributed by atoms with Crippen LogP contribution >= 0.6 is 7.82 Å². The van der Waals surface area contributed by atoms with Gasteiger partial charge in [0.2, 0.25) is 0 Å². The second kappa shape index (κ2) is 6.84. The molecule has 0 aliphatic carbocycles. The molecule has 0 aromatic heterocycles. The maximum Gasteiger partial charge on any atom is 0.524 e. The van der Waals surface area contributed by atoms with Crippen LogP contribution in [0.1, 0.15) is 58.2 Å². The third-order valence-corrected chi connectivity index (χ3v) is 4.75. The van der Waals surface area contributed by atoms with Crippen molar-refractivity contribution in [3.05, 3.63) is 53.1 Å². The molecule has 4 nitrogen and oxygen atoms in total. The minimum atomic E-state index is -4.65. The molecule has 0 heterocycles. The highest BCUT2D eigenvalue weighted by atomic mass is 31.2. The van der Waals surface area contributed by atoms with Crippen LogP contribution in [0.2, 0.25) is 0 Å². The maximum atomic E-state index is 11.5. The van der Waals surface area contributed by atoms with Crippen molar-refractivity contribution >= 4 is 7.82 Å². The number of phosphoric ester groups is 1. The zero-order valence-electron chi connectivity index (χ0n) is 16.6. The molecule has 0 fully saturated rings. The Hall–Kier alpha value is -1.61. The zero-order valence-corrected chi connectivity index (χ0v) is 17.5. The Morgan fingerprint density at radius 1 is 0.808 bits per heavy atom. The summed E-state index contributed by atoms with van der Waals surface area (Å²) in [5.74, 6) is 0.244. The van der Waals surface area contributed by atoms with Crippen LogP contribution < -0.4 is 4.52 Å². The standard InChI is InChI=1S/C21H29O4P/c1-14-10-8-9-11-15(14)16-12-13-17(25-26(22,23)24)19(21(5,6)7)18(16)20(2,3)4/h8-13H,1-7H3,(H2,22,23,24). The molecule has 0 spiro atoms. The Morgan fingerprint density at radius 3 is 1.81 bits per heavy atom. The van der Waals surface area contributed by atoms with Gasteiger partial charge in [0, 0.05) is 5.56 Å². The number of aryl methyl sites for hydroxylation is 1. The molecular weight excluding hydrogens is 347 g/mol. The van der Waals surface area contributed by atoms with Crippen molar-refractivity contribution < 1.29 is 18.9 Å². The summed E-state index contributed by atoms with van der Waals surface area (Å²) in [6, 6.07) is 11.7. The first-order valence-corrected chi connectivity index (χ1v) is 10.2. The van der Waals surface area contributed by atoms with Gasteiger partial charge >= 0.3 is 7.82 Å². The van der Waals surface area contributed by atoms with Gasteiger partial charge in [-0.25, -0.2) is 4.57 Å². The molecule has 0 amide bonds. The molecule has 0 radical (unpaired) electrons. The third-order valence-electron chi connectivity index (χ3n) is 4.32. The van der Waals surface area contributed by atoms with E-state index in [1.807, 2.05) is 39.0 Å². The lowest BCUT2D eigenvalue weighted by Gasteiger charge is -2.34. The number of benzene rings is 2. The van der Waals surface area contributed by atoms with E-state index in [9.17, 15) is 14.4 Å². The number of rotatable bonds is 3. The molecule has 0 saturated carbocycles. The largest absolute Gasteiger partial charge is 0.524 e. The Morgan fingerprint density at radius 2 is 1.35 bits per heavy atom. The van der Waals surface area contributed by atoms with Crippen molar-refractivity contribution in [1.82, 2.24) is 0 Å². The van der Waals surface area contributed by atoms with Crippen LogP contribution in [-0.2, 0) is 15.4 Å². The van der Waals surface area contributed by atoms with E-state index in [4.69, 9.17) is 4.52 Å². The quantitative estimate of drug-likeness (QED) is 0.672. The molecule has 2 aromatic carbocycles. The van der Waals surface area contributed by atoms with E-state index in [1.165, 1.54) is 0 Å². The highest BCUT2D eigenvalue weighted by Gasteiger charge is 2.33. The topological polar surface area (TPSA) is 66.8 Å². The van der Waals surface area contributed by atoms with Gasteiger partial charge in [0.1, 0.15) is 5.75 Å². The highest BCUT2D eigenvalue weighted by Crippen LogP contribution is 2.49. The Bertz CT molecular complexity index is 851. The van der Waals surface area contributed by atoms with Crippen molar-refractivity contribution in [2.24, 2.45) is 0 Å². The number of hydrogen-bond donors (Lipinski definition) is 2. The van der Waals surface area contributed by atoms with E-state index in [-0.39, 0.29) is 16.6 Å². The second-order valence-electron chi connectivity index (χ2n) is 8.76. The van der Waals surface area contributed by atoms with Crippen LogP contribution in [0.4, 0.5) is 0 Å². The van der Waals surface area contributed by atoms with Gasteiger partial charge in [0.25, 0.3) is 0 Å². The normalized spacial score (nSPS) is 13.0. The fourth-order valence-electron chi connectivity index (χ4n) is 3.41. The monoisotopic (exact) mass is 376 g/mol.